The first kappa shape index (κ1) is 47.1. The van der Waals surface area contributed by atoms with E-state index in [1.165, 1.54) is 0 Å². The number of nitrogens with two attached hydrogens (primary N) is 2. The van der Waals surface area contributed by atoms with E-state index in [1.54, 1.807) is 0 Å². The summed E-state index contributed by atoms with van der Waals surface area (Å²) in [5.74, 6) is -0.815. The molecular formula is C46H67N5O7+2. The van der Waals surface area contributed by atoms with E-state index in [1.807, 2.05) is 92.7 Å². The van der Waals surface area contributed by atoms with Gasteiger partial charge in [-0.15, -0.1) is 0 Å². The SMILES string of the molecule is CC(C)CCOc1ccccc1-c1ccccc1OCC(=O)C[C@H](CCCC[NH3+])C(=O)N[C@H](CCC[NH+]=C(N)N)C(=O)C[C@@H](CC(C)C)C(=O)OCc1ccccc1. The second-order valence-electron chi connectivity index (χ2n) is 15.8. The van der Waals surface area contributed by atoms with Gasteiger partial charge in [-0.25, -0.2) is 0 Å². The van der Waals surface area contributed by atoms with E-state index in [0.717, 1.165) is 35.3 Å². The molecule has 0 heterocycles. The molecule has 12 nitrogen and oxygen atoms in total. The van der Waals surface area contributed by atoms with Gasteiger partial charge in [0.25, 0.3) is 0 Å². The van der Waals surface area contributed by atoms with Gasteiger partial charge in [0.2, 0.25) is 5.91 Å². The number of para-hydroxylation sites is 2. The topological polar surface area (TPSA) is 202 Å². The van der Waals surface area contributed by atoms with Crippen molar-refractivity contribution in [2.24, 2.45) is 35.1 Å². The second kappa shape index (κ2) is 25.9. The number of benzene rings is 3. The summed E-state index contributed by atoms with van der Waals surface area (Å²) in [6.45, 7) is 9.80. The standard InChI is InChI=1S/C46H65N5O7/c1-32(2)23-26-56-42-21-10-8-18-38(42)39-19-9-11-22-43(39)57-31-37(52)28-35(17-12-13-24-47)44(54)51-40(20-14-25-50-46(48)49)41(53)29-36(27-33(3)4)45(55)58-30-34-15-6-5-7-16-34/h5-11,15-16,18-19,21-22,32-33,35-36,40H,12-14,17,20,23-31,47H2,1-4H3,(H,51,54)(H4,48,49,50)/p+2/t35-,36+,40+/m0/s1. The van der Waals surface area contributed by atoms with Gasteiger partial charge in [0, 0.05) is 29.9 Å². The molecule has 0 aliphatic heterocycles. The van der Waals surface area contributed by atoms with Crippen molar-refractivity contribution in [1.29, 1.82) is 0 Å². The number of guanidine groups is 1. The highest BCUT2D eigenvalue weighted by atomic mass is 16.5. The van der Waals surface area contributed by atoms with Crippen molar-refractivity contribution in [3.05, 3.63) is 84.4 Å². The number of quaternary nitrogens is 1. The third-order valence-electron chi connectivity index (χ3n) is 9.77. The molecule has 0 aromatic heterocycles. The number of hydrogen-bond acceptors (Lipinski definition) is 7. The van der Waals surface area contributed by atoms with Crippen molar-refractivity contribution < 1.29 is 44.1 Å². The number of nitrogens with one attached hydrogen (secondary N) is 2. The van der Waals surface area contributed by atoms with Crippen LogP contribution < -0.4 is 37.0 Å². The Morgan fingerprint density at radius 1 is 0.724 bits per heavy atom. The first-order chi connectivity index (χ1) is 27.9. The van der Waals surface area contributed by atoms with E-state index >= 15 is 0 Å². The van der Waals surface area contributed by atoms with Crippen LogP contribution >= 0.6 is 0 Å². The van der Waals surface area contributed by atoms with Crippen LogP contribution in [0.3, 0.4) is 0 Å². The molecule has 3 rings (SSSR count). The molecule has 3 aromatic rings. The van der Waals surface area contributed by atoms with Gasteiger partial charge in [-0.3, -0.25) is 35.6 Å². The molecular weight excluding hydrogens is 735 g/mol. The molecule has 0 bridgehead atoms. The average Bonchev–Trinajstić information content (AvgIpc) is 3.20. The van der Waals surface area contributed by atoms with Gasteiger partial charge in [0.15, 0.2) is 11.6 Å². The molecule has 0 saturated heterocycles. The Balaban J connectivity index is 1.75. The molecule has 3 aromatic carbocycles. The van der Waals surface area contributed by atoms with Crippen LogP contribution in [0.15, 0.2) is 78.9 Å². The summed E-state index contributed by atoms with van der Waals surface area (Å²) in [6.07, 6.45) is 3.85. The lowest BCUT2D eigenvalue weighted by Crippen LogP contribution is -2.78. The summed E-state index contributed by atoms with van der Waals surface area (Å²) in [5, 5.41) is 2.97. The number of carbonyl (C=O) groups excluding carboxylic acids is 4. The number of Topliss-reactive ketones (excluding diaryl/α,β-unsaturated/α-hetero) is 2. The predicted molar refractivity (Wildman–Crippen MR) is 226 cm³/mol. The summed E-state index contributed by atoms with van der Waals surface area (Å²) in [7, 11) is 0. The van der Waals surface area contributed by atoms with Crippen LogP contribution in [-0.2, 0) is 30.5 Å². The molecule has 0 spiro atoms. The number of hydrogen-bond donors (Lipinski definition) is 5. The zero-order chi connectivity index (χ0) is 42.3. The third-order valence-corrected chi connectivity index (χ3v) is 9.77. The van der Waals surface area contributed by atoms with Crippen LogP contribution in [-0.4, -0.2) is 61.7 Å². The number of unbranched alkanes of at least 4 members (excludes halogenated alkanes) is 1. The van der Waals surface area contributed by atoms with Gasteiger partial charge in [-0.05, 0) is 74.5 Å². The highest BCUT2D eigenvalue weighted by Gasteiger charge is 2.31. The van der Waals surface area contributed by atoms with Gasteiger partial charge in [0.1, 0.15) is 24.7 Å². The van der Waals surface area contributed by atoms with Crippen molar-refractivity contribution in [3.63, 3.8) is 0 Å². The summed E-state index contributed by atoms with van der Waals surface area (Å²) in [6, 6.07) is 23.7. The van der Waals surface area contributed by atoms with E-state index in [4.69, 9.17) is 25.7 Å². The van der Waals surface area contributed by atoms with E-state index in [-0.39, 0.29) is 55.9 Å². The predicted octanol–water partition coefficient (Wildman–Crippen LogP) is 4.13. The Hall–Kier alpha value is -5.23. The Morgan fingerprint density at radius 2 is 1.36 bits per heavy atom. The maximum absolute atomic E-state index is 14.0. The summed E-state index contributed by atoms with van der Waals surface area (Å²) in [4.78, 5) is 57.8. The van der Waals surface area contributed by atoms with E-state index in [2.05, 4.69) is 29.9 Å². The Bertz CT molecular complexity index is 1740. The van der Waals surface area contributed by atoms with Crippen molar-refractivity contribution in [2.45, 2.75) is 98.1 Å². The molecule has 3 atom stereocenters. The minimum atomic E-state index is -0.902. The fourth-order valence-corrected chi connectivity index (χ4v) is 6.63. The van der Waals surface area contributed by atoms with Crippen LogP contribution in [0.2, 0.25) is 0 Å². The minimum Gasteiger partial charge on any atom is -0.493 e. The number of ketones is 2. The van der Waals surface area contributed by atoms with E-state index in [0.29, 0.717) is 57.0 Å². The lowest BCUT2D eigenvalue weighted by Gasteiger charge is -2.24. The van der Waals surface area contributed by atoms with Gasteiger partial charge < -0.3 is 25.3 Å². The largest absolute Gasteiger partial charge is 0.493 e. The molecule has 0 radical (unpaired) electrons. The minimum absolute atomic E-state index is 0.0538. The fourth-order valence-electron chi connectivity index (χ4n) is 6.63. The maximum atomic E-state index is 14.0. The van der Waals surface area contributed by atoms with Crippen LogP contribution in [0.25, 0.3) is 11.1 Å². The Morgan fingerprint density at radius 3 is 1.98 bits per heavy atom. The number of amides is 1. The first-order valence-corrected chi connectivity index (χ1v) is 20.8. The second-order valence-corrected chi connectivity index (χ2v) is 15.8. The highest BCUT2D eigenvalue weighted by molar-refractivity contribution is 5.93. The Kier molecular flexibility index (Phi) is 21.1. The van der Waals surface area contributed by atoms with Gasteiger partial charge in [-0.2, -0.15) is 0 Å². The monoisotopic (exact) mass is 802 g/mol. The summed E-state index contributed by atoms with van der Waals surface area (Å²) in [5.41, 5.74) is 17.6. The smallest absolute Gasteiger partial charge is 0.338 e. The average molecular weight is 802 g/mol. The summed E-state index contributed by atoms with van der Waals surface area (Å²) < 4.78 is 17.9. The molecule has 9 N–H and O–H groups in total. The van der Waals surface area contributed by atoms with Crippen molar-refractivity contribution in [2.75, 3.05) is 26.3 Å². The van der Waals surface area contributed by atoms with Crippen molar-refractivity contribution in [1.82, 2.24) is 5.32 Å². The number of ether oxygens (including phenoxy) is 3. The van der Waals surface area contributed by atoms with Gasteiger partial charge >= 0.3 is 11.9 Å². The first-order valence-electron chi connectivity index (χ1n) is 20.8. The molecule has 0 fully saturated rings. The molecule has 0 aliphatic carbocycles. The zero-order valence-electron chi connectivity index (χ0n) is 35.0. The van der Waals surface area contributed by atoms with E-state index < -0.39 is 29.8 Å². The Labute approximate surface area is 344 Å². The highest BCUT2D eigenvalue weighted by Crippen LogP contribution is 2.36. The third kappa shape index (κ3) is 17.5. The van der Waals surface area contributed by atoms with Gasteiger partial charge in [-0.1, -0.05) is 94.4 Å². The zero-order valence-corrected chi connectivity index (χ0v) is 35.0. The lowest BCUT2D eigenvalue weighted by atomic mass is 9.89. The van der Waals surface area contributed by atoms with Crippen LogP contribution in [0.5, 0.6) is 11.5 Å². The molecule has 58 heavy (non-hydrogen) atoms. The molecule has 12 heteroatoms. The van der Waals surface area contributed by atoms with Crippen LogP contribution in [0.4, 0.5) is 0 Å². The quantitative estimate of drug-likeness (QED) is 0.0310. The number of rotatable bonds is 28. The number of esters is 1. The molecule has 0 saturated carbocycles. The van der Waals surface area contributed by atoms with Crippen LogP contribution in [0.1, 0.15) is 91.0 Å². The maximum Gasteiger partial charge on any atom is 0.338 e. The fraction of sp³-hybridized carbons (Fsp3) is 0.500. The molecule has 0 aliphatic rings. The van der Waals surface area contributed by atoms with Gasteiger partial charge in [0.05, 0.1) is 31.7 Å². The molecule has 0 unspecified atom stereocenters. The van der Waals surface area contributed by atoms with Crippen molar-refractivity contribution >= 4 is 29.4 Å². The number of carbonyl (C=O) groups is 4. The van der Waals surface area contributed by atoms with Crippen molar-refractivity contribution in [3.8, 4) is 22.6 Å². The molecule has 1 amide bonds. The van der Waals surface area contributed by atoms with Crippen LogP contribution in [0, 0.1) is 23.7 Å². The van der Waals surface area contributed by atoms with E-state index in [9.17, 15) is 19.2 Å². The lowest BCUT2D eigenvalue weighted by molar-refractivity contribution is -0.459. The summed E-state index contributed by atoms with van der Waals surface area (Å²) >= 11 is 0. The normalized spacial score (nSPS) is 12.7. The molecule has 316 valence electrons.